The zero-order valence-electron chi connectivity index (χ0n) is 12.3. The zero-order valence-corrected chi connectivity index (χ0v) is 13.0. The SMILES string of the molecule is N.O=C1N[C@@H](Cc2ccccc2)C([O-])=C1Oc1ccccc1Cl. The predicted octanol–water partition coefficient (Wildman–Crippen LogP) is 2.19. The van der Waals surface area contributed by atoms with Crippen molar-refractivity contribution in [2.45, 2.75) is 12.5 Å². The molecule has 0 bridgehead atoms. The van der Waals surface area contributed by atoms with Gasteiger partial charge in [0.05, 0.1) is 5.02 Å². The van der Waals surface area contributed by atoms with Crippen molar-refractivity contribution >= 4 is 17.5 Å². The van der Waals surface area contributed by atoms with Crippen molar-refractivity contribution in [3.05, 3.63) is 76.7 Å². The molecular weight excluding hydrogens is 316 g/mol. The van der Waals surface area contributed by atoms with E-state index < -0.39 is 11.9 Å². The van der Waals surface area contributed by atoms with Gasteiger partial charge in [0.2, 0.25) is 0 Å². The van der Waals surface area contributed by atoms with E-state index in [1.165, 1.54) is 0 Å². The molecule has 0 aliphatic carbocycles. The van der Waals surface area contributed by atoms with E-state index in [1.807, 2.05) is 30.3 Å². The van der Waals surface area contributed by atoms with Crippen LogP contribution in [0.4, 0.5) is 0 Å². The molecular formula is C17H16ClN2O3-. The van der Waals surface area contributed by atoms with Gasteiger partial charge >= 0.3 is 0 Å². The fourth-order valence-corrected chi connectivity index (χ4v) is 2.46. The van der Waals surface area contributed by atoms with Gasteiger partial charge in [0.1, 0.15) is 5.75 Å². The van der Waals surface area contributed by atoms with Crippen molar-refractivity contribution < 1.29 is 14.6 Å². The maximum absolute atomic E-state index is 12.3. The summed E-state index contributed by atoms with van der Waals surface area (Å²) in [6.07, 6.45) is 0.431. The van der Waals surface area contributed by atoms with Crippen molar-refractivity contribution in [2.24, 2.45) is 0 Å². The molecule has 1 aliphatic heterocycles. The highest BCUT2D eigenvalue weighted by Crippen LogP contribution is 2.27. The van der Waals surface area contributed by atoms with Crippen LogP contribution in [0.15, 0.2) is 66.1 Å². The van der Waals surface area contributed by atoms with E-state index in [4.69, 9.17) is 16.3 Å². The largest absolute Gasteiger partial charge is 0.871 e. The Morgan fingerprint density at radius 3 is 2.43 bits per heavy atom. The molecule has 0 unspecified atom stereocenters. The highest BCUT2D eigenvalue weighted by atomic mass is 35.5. The number of ether oxygens (including phenoxy) is 1. The fraction of sp³-hybridized carbons (Fsp3) is 0.118. The number of para-hydroxylation sites is 1. The number of rotatable bonds is 4. The first-order valence-electron chi connectivity index (χ1n) is 6.83. The maximum atomic E-state index is 12.3. The van der Waals surface area contributed by atoms with E-state index in [0.29, 0.717) is 17.2 Å². The van der Waals surface area contributed by atoms with Crippen LogP contribution >= 0.6 is 11.6 Å². The van der Waals surface area contributed by atoms with Crippen LogP contribution in [0.1, 0.15) is 5.56 Å². The normalized spacial score (nSPS) is 16.7. The van der Waals surface area contributed by atoms with E-state index in [-0.39, 0.29) is 17.7 Å². The van der Waals surface area contributed by atoms with Crippen LogP contribution in [-0.4, -0.2) is 11.9 Å². The predicted molar refractivity (Wildman–Crippen MR) is 86.2 cm³/mol. The Balaban J connectivity index is 0.00000192. The lowest BCUT2D eigenvalue weighted by molar-refractivity contribution is -0.311. The molecule has 2 aromatic carbocycles. The standard InChI is InChI=1S/C17H14ClNO3.H3N/c18-12-8-4-5-9-14(12)22-16-15(20)13(19-17(16)21)10-11-6-2-1-3-7-11;/h1-9,13,20H,10H2,(H,19,21);1H3/p-1/t13-;/m0./s1. The summed E-state index contributed by atoms with van der Waals surface area (Å²) in [5, 5.41) is 15.3. The lowest BCUT2D eigenvalue weighted by Gasteiger charge is -2.18. The molecule has 1 heterocycles. The van der Waals surface area contributed by atoms with Crippen LogP contribution in [0, 0.1) is 0 Å². The number of carbonyl (C=O) groups is 1. The Morgan fingerprint density at radius 2 is 1.74 bits per heavy atom. The highest BCUT2D eigenvalue weighted by molar-refractivity contribution is 6.32. The molecule has 1 amide bonds. The number of hydrogen-bond donors (Lipinski definition) is 2. The van der Waals surface area contributed by atoms with Crippen molar-refractivity contribution in [1.29, 1.82) is 0 Å². The summed E-state index contributed by atoms with van der Waals surface area (Å²) in [7, 11) is 0. The van der Waals surface area contributed by atoms with E-state index in [0.717, 1.165) is 5.56 Å². The summed E-state index contributed by atoms with van der Waals surface area (Å²) in [4.78, 5) is 12.0. The summed E-state index contributed by atoms with van der Waals surface area (Å²) in [6.45, 7) is 0. The topological polar surface area (TPSA) is 96.4 Å². The molecule has 6 heteroatoms. The summed E-state index contributed by atoms with van der Waals surface area (Å²) >= 11 is 5.98. The lowest BCUT2D eigenvalue weighted by Crippen LogP contribution is -2.33. The van der Waals surface area contributed by atoms with Crippen molar-refractivity contribution in [1.82, 2.24) is 11.5 Å². The van der Waals surface area contributed by atoms with Gasteiger partial charge < -0.3 is 21.3 Å². The number of carbonyl (C=O) groups excluding carboxylic acids is 1. The Morgan fingerprint density at radius 1 is 1.09 bits per heavy atom. The molecule has 0 aromatic heterocycles. The molecule has 4 N–H and O–H groups in total. The molecule has 0 saturated carbocycles. The van der Waals surface area contributed by atoms with E-state index in [1.54, 1.807) is 24.3 Å². The van der Waals surface area contributed by atoms with E-state index in [9.17, 15) is 9.90 Å². The minimum atomic E-state index is -0.604. The van der Waals surface area contributed by atoms with Crippen LogP contribution in [0.25, 0.3) is 0 Å². The molecule has 0 fully saturated rings. The van der Waals surface area contributed by atoms with Crippen LogP contribution < -0.4 is 21.3 Å². The average molecular weight is 332 g/mol. The Kier molecular flexibility index (Phi) is 5.26. The van der Waals surface area contributed by atoms with Gasteiger partial charge in [-0.3, -0.25) is 4.79 Å². The van der Waals surface area contributed by atoms with Crippen molar-refractivity contribution in [2.75, 3.05) is 0 Å². The van der Waals surface area contributed by atoms with Crippen LogP contribution in [-0.2, 0) is 11.2 Å². The van der Waals surface area contributed by atoms with Gasteiger partial charge in [-0.2, -0.15) is 0 Å². The number of halogens is 1. The van der Waals surface area contributed by atoms with Gasteiger partial charge in [-0.25, -0.2) is 0 Å². The number of nitrogens with one attached hydrogen (secondary N) is 1. The molecule has 0 saturated heterocycles. The first-order valence-corrected chi connectivity index (χ1v) is 7.21. The van der Waals surface area contributed by atoms with Gasteiger partial charge in [-0.1, -0.05) is 59.8 Å². The lowest BCUT2D eigenvalue weighted by atomic mass is 10.1. The number of amides is 1. The van der Waals surface area contributed by atoms with Gasteiger partial charge in [-0.15, -0.1) is 0 Å². The van der Waals surface area contributed by atoms with Crippen LogP contribution in [0.5, 0.6) is 5.75 Å². The summed E-state index contributed by atoms with van der Waals surface area (Å²) in [6, 6.07) is 15.6. The zero-order chi connectivity index (χ0) is 15.5. The minimum Gasteiger partial charge on any atom is -0.871 e. The number of hydrogen-bond acceptors (Lipinski definition) is 4. The molecule has 23 heavy (non-hydrogen) atoms. The second kappa shape index (κ2) is 7.17. The molecule has 3 rings (SSSR count). The highest BCUT2D eigenvalue weighted by Gasteiger charge is 2.28. The third kappa shape index (κ3) is 3.64. The van der Waals surface area contributed by atoms with E-state index in [2.05, 4.69) is 5.32 Å². The molecule has 1 aliphatic rings. The van der Waals surface area contributed by atoms with Gasteiger partial charge in [-0.05, 0) is 24.1 Å². The Bertz CT molecular complexity index is 732. The van der Waals surface area contributed by atoms with Crippen LogP contribution in [0.2, 0.25) is 5.02 Å². The summed E-state index contributed by atoms with van der Waals surface area (Å²) in [5.74, 6) is -0.781. The monoisotopic (exact) mass is 331 g/mol. The fourth-order valence-electron chi connectivity index (χ4n) is 2.29. The first-order chi connectivity index (χ1) is 10.6. The van der Waals surface area contributed by atoms with Crippen molar-refractivity contribution in [3.63, 3.8) is 0 Å². The minimum absolute atomic E-state index is 0. The van der Waals surface area contributed by atoms with Gasteiger partial charge in [0, 0.05) is 6.04 Å². The second-order valence-electron chi connectivity index (χ2n) is 4.94. The quantitative estimate of drug-likeness (QED) is 0.897. The second-order valence-corrected chi connectivity index (χ2v) is 5.35. The molecule has 0 spiro atoms. The number of benzene rings is 2. The van der Waals surface area contributed by atoms with Crippen molar-refractivity contribution in [3.8, 4) is 5.75 Å². The third-order valence-electron chi connectivity index (χ3n) is 3.38. The maximum Gasteiger partial charge on any atom is 0.286 e. The van der Waals surface area contributed by atoms with Crippen LogP contribution in [0.3, 0.4) is 0 Å². The Labute approximate surface area is 139 Å². The molecule has 120 valence electrons. The summed E-state index contributed by atoms with van der Waals surface area (Å²) < 4.78 is 5.42. The molecule has 1 atom stereocenters. The van der Waals surface area contributed by atoms with Gasteiger partial charge in [0.25, 0.3) is 5.91 Å². The van der Waals surface area contributed by atoms with Gasteiger partial charge in [0.15, 0.2) is 5.76 Å². The summed E-state index contributed by atoms with van der Waals surface area (Å²) in [5.41, 5.74) is 0.972. The molecule has 0 radical (unpaired) electrons. The Hall–Kier alpha value is -2.50. The van der Waals surface area contributed by atoms with E-state index >= 15 is 0 Å². The smallest absolute Gasteiger partial charge is 0.286 e. The first kappa shape index (κ1) is 16.9. The average Bonchev–Trinajstić information content (AvgIpc) is 2.78. The third-order valence-corrected chi connectivity index (χ3v) is 3.70. The molecule has 5 nitrogen and oxygen atoms in total. The molecule has 2 aromatic rings.